The molecule has 1 atom stereocenters. The summed E-state index contributed by atoms with van der Waals surface area (Å²) in [6, 6.07) is -1.17. The number of ether oxygens (including phenoxy) is 1. The second-order valence-corrected chi connectivity index (χ2v) is 2.58. The minimum absolute atomic E-state index is 0.127. The topological polar surface area (TPSA) is 95.5 Å². The SMILES string of the molecule is CCOC(=O)[C@H](CC(=O)[O-])NC(C)=O. The minimum Gasteiger partial charge on any atom is -0.550 e. The largest absolute Gasteiger partial charge is 0.550 e. The fourth-order valence-corrected chi connectivity index (χ4v) is 0.848. The molecule has 0 bridgehead atoms. The van der Waals surface area contributed by atoms with Gasteiger partial charge in [-0.05, 0) is 6.92 Å². The molecule has 0 fully saturated rings. The first-order valence-corrected chi connectivity index (χ1v) is 4.11. The summed E-state index contributed by atoms with van der Waals surface area (Å²) in [5.41, 5.74) is 0. The molecular weight excluding hydrogens is 190 g/mol. The van der Waals surface area contributed by atoms with Crippen LogP contribution in [0.25, 0.3) is 0 Å². The fourth-order valence-electron chi connectivity index (χ4n) is 0.848. The molecule has 0 aliphatic heterocycles. The monoisotopic (exact) mass is 202 g/mol. The quantitative estimate of drug-likeness (QED) is 0.530. The first-order valence-electron chi connectivity index (χ1n) is 4.11. The van der Waals surface area contributed by atoms with Gasteiger partial charge >= 0.3 is 5.97 Å². The van der Waals surface area contributed by atoms with E-state index in [4.69, 9.17) is 0 Å². The van der Waals surface area contributed by atoms with Crippen LogP contribution in [-0.4, -0.2) is 30.5 Å². The third-order valence-corrected chi connectivity index (χ3v) is 1.32. The van der Waals surface area contributed by atoms with E-state index in [1.54, 1.807) is 6.92 Å². The molecule has 0 aromatic heterocycles. The number of carbonyl (C=O) groups excluding carboxylic acids is 3. The van der Waals surface area contributed by atoms with Crippen molar-refractivity contribution in [2.45, 2.75) is 26.3 Å². The van der Waals surface area contributed by atoms with E-state index in [-0.39, 0.29) is 6.61 Å². The lowest BCUT2D eigenvalue weighted by Crippen LogP contribution is -2.44. The molecular formula is C8H12NO5-. The smallest absolute Gasteiger partial charge is 0.329 e. The summed E-state index contributed by atoms with van der Waals surface area (Å²) in [4.78, 5) is 31.9. The third kappa shape index (κ3) is 5.13. The molecule has 6 heteroatoms. The van der Waals surface area contributed by atoms with Crippen molar-refractivity contribution in [2.24, 2.45) is 0 Å². The molecule has 0 unspecified atom stereocenters. The van der Waals surface area contributed by atoms with Gasteiger partial charge in [-0.3, -0.25) is 4.79 Å². The van der Waals surface area contributed by atoms with Crippen molar-refractivity contribution in [1.82, 2.24) is 5.32 Å². The maximum atomic E-state index is 11.1. The number of hydrogen-bond acceptors (Lipinski definition) is 5. The lowest BCUT2D eigenvalue weighted by molar-refractivity contribution is -0.306. The maximum absolute atomic E-state index is 11.1. The third-order valence-electron chi connectivity index (χ3n) is 1.32. The number of hydrogen-bond donors (Lipinski definition) is 1. The molecule has 6 nitrogen and oxygen atoms in total. The van der Waals surface area contributed by atoms with E-state index in [0.29, 0.717) is 0 Å². The van der Waals surface area contributed by atoms with Crippen molar-refractivity contribution >= 4 is 17.8 Å². The van der Waals surface area contributed by atoms with Crippen molar-refractivity contribution in [3.05, 3.63) is 0 Å². The minimum atomic E-state index is -1.42. The standard InChI is InChI=1S/C8H13NO5/c1-3-14-8(13)6(4-7(11)12)9-5(2)10/h6H,3-4H2,1-2H3,(H,9,10)(H,11,12)/p-1/t6-/m0/s1. The van der Waals surface area contributed by atoms with Gasteiger partial charge in [0.15, 0.2) is 0 Å². The summed E-state index contributed by atoms with van der Waals surface area (Å²) in [6.45, 7) is 2.89. The molecule has 0 radical (unpaired) electrons. The van der Waals surface area contributed by atoms with Gasteiger partial charge in [-0.2, -0.15) is 0 Å². The van der Waals surface area contributed by atoms with Crippen LogP contribution < -0.4 is 10.4 Å². The Labute approximate surface area is 81.2 Å². The normalized spacial score (nSPS) is 11.6. The van der Waals surface area contributed by atoms with Gasteiger partial charge in [0, 0.05) is 19.3 Å². The average molecular weight is 202 g/mol. The summed E-state index contributed by atoms with van der Waals surface area (Å²) >= 11 is 0. The molecule has 0 aromatic carbocycles. The van der Waals surface area contributed by atoms with Crippen molar-refractivity contribution < 1.29 is 24.2 Å². The molecule has 0 spiro atoms. The predicted octanol–water partition coefficient (Wildman–Crippen LogP) is -1.81. The fraction of sp³-hybridized carbons (Fsp3) is 0.625. The highest BCUT2D eigenvalue weighted by atomic mass is 16.5. The van der Waals surface area contributed by atoms with Crippen molar-refractivity contribution in [3.8, 4) is 0 Å². The van der Waals surface area contributed by atoms with Gasteiger partial charge in [0.1, 0.15) is 6.04 Å². The van der Waals surface area contributed by atoms with Crippen LogP contribution in [0.4, 0.5) is 0 Å². The number of carboxylic acid groups (broad SMARTS) is 1. The second kappa shape index (κ2) is 5.95. The molecule has 14 heavy (non-hydrogen) atoms. The van der Waals surface area contributed by atoms with Crippen molar-refractivity contribution in [3.63, 3.8) is 0 Å². The Morgan fingerprint density at radius 1 is 1.43 bits per heavy atom. The highest BCUT2D eigenvalue weighted by Crippen LogP contribution is 1.95. The number of aliphatic carboxylic acids is 1. The molecule has 0 heterocycles. The van der Waals surface area contributed by atoms with Gasteiger partial charge < -0.3 is 20.0 Å². The molecule has 0 aromatic rings. The average Bonchev–Trinajstić information content (AvgIpc) is 2.01. The van der Waals surface area contributed by atoms with E-state index < -0.39 is 30.3 Å². The van der Waals surface area contributed by atoms with Crippen LogP contribution in [0.15, 0.2) is 0 Å². The number of esters is 1. The van der Waals surface area contributed by atoms with Crippen LogP contribution in [0.3, 0.4) is 0 Å². The van der Waals surface area contributed by atoms with Gasteiger partial charge in [0.25, 0.3) is 0 Å². The number of carboxylic acids is 1. The van der Waals surface area contributed by atoms with Crippen molar-refractivity contribution in [1.29, 1.82) is 0 Å². The number of nitrogens with one attached hydrogen (secondary N) is 1. The van der Waals surface area contributed by atoms with Crippen LogP contribution in [0.1, 0.15) is 20.3 Å². The Bertz CT molecular complexity index is 222. The van der Waals surface area contributed by atoms with E-state index in [2.05, 4.69) is 10.1 Å². The Morgan fingerprint density at radius 2 is 2.00 bits per heavy atom. The molecule has 1 amide bonds. The van der Waals surface area contributed by atoms with E-state index in [0.717, 1.165) is 0 Å². The molecule has 80 valence electrons. The zero-order valence-electron chi connectivity index (χ0n) is 8.03. The van der Waals surface area contributed by atoms with Gasteiger partial charge in [0.2, 0.25) is 5.91 Å². The Balaban J connectivity index is 4.29. The molecule has 0 saturated heterocycles. The van der Waals surface area contributed by atoms with Gasteiger partial charge in [-0.15, -0.1) is 0 Å². The summed E-state index contributed by atoms with van der Waals surface area (Å²) in [7, 11) is 0. The van der Waals surface area contributed by atoms with Gasteiger partial charge in [-0.25, -0.2) is 4.79 Å². The van der Waals surface area contributed by atoms with E-state index >= 15 is 0 Å². The molecule has 0 rings (SSSR count). The Morgan fingerprint density at radius 3 is 2.36 bits per heavy atom. The second-order valence-electron chi connectivity index (χ2n) is 2.58. The lowest BCUT2D eigenvalue weighted by atomic mass is 10.2. The van der Waals surface area contributed by atoms with Crippen LogP contribution >= 0.6 is 0 Å². The van der Waals surface area contributed by atoms with Crippen LogP contribution in [0, 0.1) is 0 Å². The first-order chi connectivity index (χ1) is 6.47. The summed E-state index contributed by atoms with van der Waals surface area (Å²) in [6.07, 6.45) is -0.585. The zero-order valence-corrected chi connectivity index (χ0v) is 8.03. The maximum Gasteiger partial charge on any atom is 0.329 e. The number of rotatable bonds is 5. The van der Waals surface area contributed by atoms with Gasteiger partial charge in [0.05, 0.1) is 6.61 Å². The molecule has 1 N–H and O–H groups in total. The van der Waals surface area contributed by atoms with E-state index in [1.807, 2.05) is 0 Å². The first kappa shape index (κ1) is 12.4. The van der Waals surface area contributed by atoms with Crippen LogP contribution in [-0.2, 0) is 19.1 Å². The number of carbonyl (C=O) groups is 3. The van der Waals surface area contributed by atoms with Gasteiger partial charge in [-0.1, -0.05) is 0 Å². The van der Waals surface area contributed by atoms with Crippen LogP contribution in [0.5, 0.6) is 0 Å². The van der Waals surface area contributed by atoms with Crippen LogP contribution in [0.2, 0.25) is 0 Å². The highest BCUT2D eigenvalue weighted by molar-refractivity contribution is 5.86. The molecule has 0 aliphatic rings. The molecule has 0 saturated carbocycles. The Kier molecular flexibility index (Phi) is 5.28. The van der Waals surface area contributed by atoms with Crippen molar-refractivity contribution in [2.75, 3.05) is 6.61 Å². The summed E-state index contributed by atoms with van der Waals surface area (Å²) in [5, 5.41) is 12.4. The summed E-state index contributed by atoms with van der Waals surface area (Å²) < 4.78 is 4.56. The predicted molar refractivity (Wildman–Crippen MR) is 43.9 cm³/mol. The molecule has 0 aliphatic carbocycles. The summed E-state index contributed by atoms with van der Waals surface area (Å²) in [5.74, 6) is -2.69. The number of amides is 1. The Hall–Kier alpha value is -1.59. The van der Waals surface area contributed by atoms with E-state index in [1.165, 1.54) is 6.92 Å². The highest BCUT2D eigenvalue weighted by Gasteiger charge is 2.20. The lowest BCUT2D eigenvalue weighted by Gasteiger charge is -2.16. The van der Waals surface area contributed by atoms with E-state index in [9.17, 15) is 19.5 Å². The zero-order chi connectivity index (χ0) is 11.1.